The summed E-state index contributed by atoms with van der Waals surface area (Å²) in [6, 6.07) is 5.64. The highest BCUT2D eigenvalue weighted by atomic mass is 16.6. The number of carbonyl (C=O) groups excluding carboxylic acids is 1. The van der Waals surface area contributed by atoms with Crippen molar-refractivity contribution in [2.24, 2.45) is 17.6 Å². The molecule has 1 aliphatic carbocycles. The van der Waals surface area contributed by atoms with Gasteiger partial charge in [0.25, 0.3) is 0 Å². The fourth-order valence-electron chi connectivity index (χ4n) is 3.98. The van der Waals surface area contributed by atoms with Gasteiger partial charge in [-0.05, 0) is 37.3 Å². The molecule has 2 aromatic heterocycles. The zero-order valence-electron chi connectivity index (χ0n) is 15.2. The average Bonchev–Trinajstić information content (AvgIpc) is 3.34. The number of nitrogens with two attached hydrogens (primary N) is 1. The summed E-state index contributed by atoms with van der Waals surface area (Å²) in [5.74, 6) is 2.26. The Bertz CT molecular complexity index is 1050. The van der Waals surface area contributed by atoms with Crippen molar-refractivity contribution in [3.63, 3.8) is 0 Å². The number of fused-ring (bicyclic) bond motifs is 2. The van der Waals surface area contributed by atoms with E-state index in [1.54, 1.807) is 10.9 Å². The first kappa shape index (κ1) is 16.9. The third kappa shape index (κ3) is 3.02. The third-order valence-electron chi connectivity index (χ3n) is 5.43. The summed E-state index contributed by atoms with van der Waals surface area (Å²) >= 11 is 0. The smallest absolute Gasteiger partial charge is 0.220 e. The van der Waals surface area contributed by atoms with E-state index < -0.39 is 0 Å². The predicted octanol–water partition coefficient (Wildman–Crippen LogP) is 1.43. The second-order valence-corrected chi connectivity index (χ2v) is 7.31. The van der Waals surface area contributed by atoms with Gasteiger partial charge >= 0.3 is 0 Å². The van der Waals surface area contributed by atoms with Crippen LogP contribution in [0, 0.1) is 11.8 Å². The highest BCUT2D eigenvalue weighted by molar-refractivity contribution is 5.76. The van der Waals surface area contributed by atoms with Gasteiger partial charge in [-0.3, -0.25) is 4.79 Å². The van der Waals surface area contributed by atoms with E-state index in [0.717, 1.165) is 36.5 Å². The topological polar surface area (TPSA) is 118 Å². The van der Waals surface area contributed by atoms with Crippen LogP contribution in [0.25, 0.3) is 16.9 Å². The maximum Gasteiger partial charge on any atom is 0.220 e. The van der Waals surface area contributed by atoms with E-state index in [1.165, 1.54) is 0 Å². The molecule has 0 spiro atoms. The van der Waals surface area contributed by atoms with Crippen LogP contribution in [0.4, 0.5) is 0 Å². The number of hydrogen-bond donors (Lipinski definition) is 1. The Morgan fingerprint density at radius 3 is 2.89 bits per heavy atom. The number of benzene rings is 1. The van der Waals surface area contributed by atoms with Crippen molar-refractivity contribution in [2.75, 3.05) is 13.2 Å². The van der Waals surface area contributed by atoms with Crippen molar-refractivity contribution in [1.29, 1.82) is 0 Å². The van der Waals surface area contributed by atoms with Crippen LogP contribution in [0.5, 0.6) is 11.5 Å². The first-order valence-electron chi connectivity index (χ1n) is 9.44. The van der Waals surface area contributed by atoms with Gasteiger partial charge in [-0.25, -0.2) is 9.97 Å². The van der Waals surface area contributed by atoms with E-state index in [2.05, 4.69) is 15.3 Å². The minimum absolute atomic E-state index is 0.0290. The fourth-order valence-corrected chi connectivity index (χ4v) is 3.98. The number of carbonyl (C=O) groups is 1. The molecule has 0 bridgehead atoms. The van der Waals surface area contributed by atoms with Crippen molar-refractivity contribution in [2.45, 2.75) is 25.7 Å². The minimum Gasteiger partial charge on any atom is -0.486 e. The predicted molar refractivity (Wildman–Crippen MR) is 99.2 cm³/mol. The van der Waals surface area contributed by atoms with Crippen LogP contribution in [0.3, 0.4) is 0 Å². The molecule has 5 rings (SSSR count). The van der Waals surface area contributed by atoms with E-state index in [-0.39, 0.29) is 11.8 Å². The summed E-state index contributed by atoms with van der Waals surface area (Å²) in [5.41, 5.74) is 7.50. The normalized spacial score (nSPS) is 21.1. The minimum atomic E-state index is -0.209. The molecule has 1 aliphatic heterocycles. The number of ether oxygens (including phenoxy) is 2. The van der Waals surface area contributed by atoms with Gasteiger partial charge in [0.2, 0.25) is 5.91 Å². The van der Waals surface area contributed by atoms with Crippen molar-refractivity contribution < 1.29 is 14.3 Å². The molecule has 2 atom stereocenters. The van der Waals surface area contributed by atoms with E-state index in [9.17, 15) is 4.79 Å². The number of aromatic nitrogens is 5. The lowest BCUT2D eigenvalue weighted by atomic mass is 10.0. The van der Waals surface area contributed by atoms with Gasteiger partial charge in [0.1, 0.15) is 19.0 Å². The highest BCUT2D eigenvalue weighted by Crippen LogP contribution is 2.34. The Hall–Kier alpha value is -3.23. The summed E-state index contributed by atoms with van der Waals surface area (Å²) in [5, 5.41) is 8.40. The molecule has 1 amide bonds. The Labute approximate surface area is 160 Å². The van der Waals surface area contributed by atoms with Gasteiger partial charge in [0, 0.05) is 18.4 Å². The summed E-state index contributed by atoms with van der Waals surface area (Å²) in [4.78, 5) is 20.5. The highest BCUT2D eigenvalue weighted by Gasteiger charge is 2.29. The number of amides is 1. The fraction of sp³-hybridized carbons (Fsp3) is 0.421. The molecule has 1 fully saturated rings. The summed E-state index contributed by atoms with van der Waals surface area (Å²) in [6.45, 7) is 1.07. The first-order valence-corrected chi connectivity index (χ1v) is 9.44. The number of rotatable bonds is 4. The molecule has 3 aromatic rings. The molecule has 144 valence electrons. The molecule has 0 saturated heterocycles. The molecule has 2 N–H and O–H groups in total. The Balaban J connectivity index is 1.43. The van der Waals surface area contributed by atoms with E-state index in [4.69, 9.17) is 20.2 Å². The largest absolute Gasteiger partial charge is 0.486 e. The van der Waals surface area contributed by atoms with Crippen LogP contribution in [0.1, 0.15) is 25.1 Å². The quantitative estimate of drug-likeness (QED) is 0.727. The molecule has 0 radical (unpaired) electrons. The number of hydrogen-bond acceptors (Lipinski definition) is 7. The van der Waals surface area contributed by atoms with Crippen molar-refractivity contribution in [3.05, 3.63) is 30.2 Å². The summed E-state index contributed by atoms with van der Waals surface area (Å²) in [6.07, 6.45) is 5.02. The maximum atomic E-state index is 11.4. The van der Waals surface area contributed by atoms with E-state index in [1.807, 2.05) is 18.2 Å². The van der Waals surface area contributed by atoms with Crippen molar-refractivity contribution >= 4 is 17.1 Å². The van der Waals surface area contributed by atoms with Crippen molar-refractivity contribution in [3.8, 4) is 17.2 Å². The van der Waals surface area contributed by atoms with Gasteiger partial charge in [0.15, 0.2) is 22.7 Å². The van der Waals surface area contributed by atoms with Gasteiger partial charge in [-0.2, -0.15) is 4.68 Å². The lowest BCUT2D eigenvalue weighted by Gasteiger charge is -2.18. The second kappa shape index (κ2) is 6.74. The molecular weight excluding hydrogens is 360 g/mol. The molecule has 1 saturated carbocycles. The number of primary amides is 1. The van der Waals surface area contributed by atoms with Crippen LogP contribution in [0.15, 0.2) is 24.4 Å². The molecule has 0 unspecified atom stereocenters. The monoisotopic (exact) mass is 380 g/mol. The lowest BCUT2D eigenvalue weighted by Crippen LogP contribution is -2.21. The standard InChI is InChI=1S/C19H20N6O3/c20-18(26)12-2-1-11(7-12)8-17-21-10-14-19(22-17)25(24-23-14)13-3-4-15-16(9-13)28-6-5-27-15/h3-4,9-12H,1-2,5-8H2,(H2,20,26)/t11-,12-/m1/s1. The van der Waals surface area contributed by atoms with Gasteiger partial charge in [-0.1, -0.05) is 5.21 Å². The van der Waals surface area contributed by atoms with Gasteiger partial charge in [0.05, 0.1) is 11.9 Å². The Morgan fingerprint density at radius 1 is 1.21 bits per heavy atom. The third-order valence-corrected chi connectivity index (χ3v) is 5.43. The second-order valence-electron chi connectivity index (χ2n) is 7.31. The van der Waals surface area contributed by atoms with Crippen LogP contribution in [-0.4, -0.2) is 44.1 Å². The van der Waals surface area contributed by atoms with Crippen LogP contribution in [0.2, 0.25) is 0 Å². The molecule has 3 heterocycles. The molecular formula is C19H20N6O3. The molecule has 1 aromatic carbocycles. The van der Waals surface area contributed by atoms with Gasteiger partial charge < -0.3 is 15.2 Å². The molecule has 9 heteroatoms. The number of nitrogens with zero attached hydrogens (tertiary/aromatic N) is 5. The van der Waals surface area contributed by atoms with E-state index >= 15 is 0 Å². The van der Waals surface area contributed by atoms with Crippen LogP contribution < -0.4 is 15.2 Å². The van der Waals surface area contributed by atoms with Gasteiger partial charge in [-0.15, -0.1) is 5.10 Å². The van der Waals surface area contributed by atoms with Crippen LogP contribution >= 0.6 is 0 Å². The van der Waals surface area contributed by atoms with Crippen LogP contribution in [-0.2, 0) is 11.2 Å². The van der Waals surface area contributed by atoms with Crippen molar-refractivity contribution in [1.82, 2.24) is 25.0 Å². The first-order chi connectivity index (χ1) is 13.7. The Kier molecular flexibility index (Phi) is 4.07. The van der Waals surface area contributed by atoms with E-state index in [0.29, 0.717) is 42.5 Å². The molecule has 2 aliphatic rings. The molecule has 28 heavy (non-hydrogen) atoms. The zero-order chi connectivity index (χ0) is 19.1. The average molecular weight is 380 g/mol. The zero-order valence-corrected chi connectivity index (χ0v) is 15.2. The SMILES string of the molecule is NC(=O)[C@@H]1CC[C@@H](Cc2ncc3nnn(-c4ccc5c(c4)OCCO5)c3n2)C1. The molecule has 9 nitrogen and oxygen atoms in total. The summed E-state index contributed by atoms with van der Waals surface area (Å²) < 4.78 is 12.9. The summed E-state index contributed by atoms with van der Waals surface area (Å²) in [7, 11) is 0. The Morgan fingerprint density at radius 2 is 2.07 bits per heavy atom. The maximum absolute atomic E-state index is 11.4. The lowest BCUT2D eigenvalue weighted by molar-refractivity contribution is -0.121.